The number of rotatable bonds is 5. The van der Waals surface area contributed by atoms with Crippen LogP contribution >= 0.6 is 0 Å². The van der Waals surface area contributed by atoms with Crippen molar-refractivity contribution in [2.45, 2.75) is 19.2 Å². The molecule has 0 amide bonds. The van der Waals surface area contributed by atoms with Gasteiger partial charge in [0, 0.05) is 37.5 Å². The number of fused-ring (bicyclic) bond motifs is 1. The fraction of sp³-hybridized carbons (Fsp3) is 0.529. The van der Waals surface area contributed by atoms with E-state index in [1.54, 1.807) is 0 Å². The van der Waals surface area contributed by atoms with Gasteiger partial charge in [0.25, 0.3) is 0 Å². The number of nitrogens with zero attached hydrogens (tertiary/aromatic N) is 3. The molecule has 2 heterocycles. The molecule has 1 fully saturated rings. The van der Waals surface area contributed by atoms with Gasteiger partial charge in [0.05, 0.1) is 24.4 Å². The van der Waals surface area contributed by atoms with Gasteiger partial charge >= 0.3 is 0 Å². The second kappa shape index (κ2) is 7.09. The zero-order valence-electron chi connectivity index (χ0n) is 13.3. The van der Waals surface area contributed by atoms with Crippen LogP contribution in [0.25, 0.3) is 0 Å². The highest BCUT2D eigenvalue weighted by Gasteiger charge is 2.38. The Bertz CT molecular complexity index is 621. The van der Waals surface area contributed by atoms with Gasteiger partial charge in [-0.15, -0.1) is 0 Å². The summed E-state index contributed by atoms with van der Waals surface area (Å²) in [6.45, 7) is 5.29. The lowest BCUT2D eigenvalue weighted by molar-refractivity contribution is 0.118. The van der Waals surface area contributed by atoms with Crippen molar-refractivity contribution in [3.05, 3.63) is 29.8 Å². The maximum absolute atomic E-state index is 10.7. The van der Waals surface area contributed by atoms with E-state index < -0.39 is 12.1 Å². The molecule has 1 aromatic carbocycles. The summed E-state index contributed by atoms with van der Waals surface area (Å²) in [5, 5.41) is 23.5. The zero-order chi connectivity index (χ0) is 16.2. The minimum Gasteiger partial charge on any atom is -0.380 e. The summed E-state index contributed by atoms with van der Waals surface area (Å²) in [6.07, 6.45) is -0.901. The van der Waals surface area contributed by atoms with Gasteiger partial charge in [0.15, 0.2) is 0 Å². The molecule has 23 heavy (non-hydrogen) atoms. The first-order chi connectivity index (χ1) is 11.3. The molecule has 6 nitrogen and oxygen atoms in total. The van der Waals surface area contributed by atoms with Gasteiger partial charge in [-0.1, -0.05) is 18.2 Å². The Morgan fingerprint density at radius 1 is 1.43 bits per heavy atom. The van der Waals surface area contributed by atoms with E-state index in [9.17, 15) is 10.4 Å². The molecular formula is C17H22N4O2. The molecule has 2 unspecified atom stereocenters. The minimum absolute atomic E-state index is 0.191. The molecule has 122 valence electrons. The number of aliphatic hydroxyl groups is 1. The third kappa shape index (κ3) is 3.08. The summed E-state index contributed by atoms with van der Waals surface area (Å²) < 4.78 is 5.41. The lowest BCUT2D eigenvalue weighted by Gasteiger charge is -2.39. The molecule has 0 radical (unpaired) electrons. The Hall–Kier alpha value is -1.94. The van der Waals surface area contributed by atoms with Crippen molar-refractivity contribution < 1.29 is 9.84 Å². The van der Waals surface area contributed by atoms with Crippen molar-refractivity contribution >= 4 is 11.4 Å². The van der Waals surface area contributed by atoms with Gasteiger partial charge < -0.3 is 20.1 Å². The van der Waals surface area contributed by atoms with E-state index in [2.05, 4.69) is 11.4 Å². The van der Waals surface area contributed by atoms with Gasteiger partial charge in [0.2, 0.25) is 0 Å². The van der Waals surface area contributed by atoms with Gasteiger partial charge in [-0.3, -0.25) is 4.99 Å². The molecule has 1 saturated heterocycles. The number of ether oxygens (including phenoxy) is 1. The summed E-state index contributed by atoms with van der Waals surface area (Å²) in [5.41, 5.74) is 2.56. The van der Waals surface area contributed by atoms with Crippen molar-refractivity contribution in [3.63, 3.8) is 0 Å². The maximum atomic E-state index is 10.7. The topological polar surface area (TPSA) is 80.9 Å². The Kier molecular flexibility index (Phi) is 4.91. The third-order valence-electron chi connectivity index (χ3n) is 4.30. The molecule has 0 aromatic heterocycles. The van der Waals surface area contributed by atoms with E-state index in [4.69, 9.17) is 9.73 Å². The highest BCUT2D eigenvalue weighted by atomic mass is 16.5. The first-order valence-electron chi connectivity index (χ1n) is 8.06. The quantitative estimate of drug-likeness (QED) is 0.784. The minimum atomic E-state index is -0.901. The van der Waals surface area contributed by atoms with E-state index in [0.717, 1.165) is 24.3 Å². The van der Waals surface area contributed by atoms with Crippen LogP contribution in [-0.2, 0) is 4.74 Å². The second-order valence-electron chi connectivity index (χ2n) is 5.75. The fourth-order valence-corrected chi connectivity index (χ4v) is 2.97. The largest absolute Gasteiger partial charge is 0.380 e. The molecule has 6 heteroatoms. The van der Waals surface area contributed by atoms with Crippen LogP contribution in [0.5, 0.6) is 0 Å². The van der Waals surface area contributed by atoms with Crippen LogP contribution in [-0.4, -0.2) is 55.9 Å². The number of nitrogens with one attached hydrogen (secondary N) is 1. The summed E-state index contributed by atoms with van der Waals surface area (Å²) in [7, 11) is 0. The first kappa shape index (κ1) is 15.9. The van der Waals surface area contributed by atoms with E-state index in [1.807, 2.05) is 36.1 Å². The number of para-hydroxylation sites is 1. The van der Waals surface area contributed by atoms with Crippen molar-refractivity contribution in [2.24, 2.45) is 10.9 Å². The molecule has 0 spiro atoms. The molecule has 2 atom stereocenters. The molecule has 0 bridgehead atoms. The van der Waals surface area contributed by atoms with Crippen LogP contribution < -0.4 is 10.2 Å². The van der Waals surface area contributed by atoms with Gasteiger partial charge in [-0.25, -0.2) is 0 Å². The summed E-state index contributed by atoms with van der Waals surface area (Å²) in [4.78, 5) is 6.57. The van der Waals surface area contributed by atoms with Crippen molar-refractivity contribution in [3.8, 4) is 6.07 Å². The smallest absolute Gasteiger partial charge is 0.148 e. The zero-order valence-corrected chi connectivity index (χ0v) is 13.3. The average molecular weight is 314 g/mol. The van der Waals surface area contributed by atoms with Gasteiger partial charge in [0.1, 0.15) is 12.1 Å². The summed E-state index contributed by atoms with van der Waals surface area (Å²) >= 11 is 0. The molecule has 3 rings (SSSR count). The number of hydrogen-bond acceptors (Lipinski definition) is 6. The van der Waals surface area contributed by atoms with Gasteiger partial charge in [-0.05, 0) is 13.0 Å². The van der Waals surface area contributed by atoms with Crippen LogP contribution in [0.4, 0.5) is 5.69 Å². The Morgan fingerprint density at radius 3 is 2.87 bits per heavy atom. The van der Waals surface area contributed by atoms with Gasteiger partial charge in [-0.2, -0.15) is 5.26 Å². The normalized spacial score (nSPS) is 25.8. The first-order valence-corrected chi connectivity index (χ1v) is 8.06. The lowest BCUT2D eigenvalue weighted by Crippen LogP contribution is -2.51. The number of nitriles is 1. The van der Waals surface area contributed by atoms with Crippen molar-refractivity contribution in [1.82, 2.24) is 5.32 Å². The van der Waals surface area contributed by atoms with Crippen LogP contribution in [0, 0.1) is 17.2 Å². The van der Waals surface area contributed by atoms with Crippen LogP contribution in [0.3, 0.4) is 0 Å². The molecule has 0 aliphatic carbocycles. The van der Waals surface area contributed by atoms with E-state index >= 15 is 0 Å². The number of aliphatic imine (C=N–C) groups is 1. The maximum Gasteiger partial charge on any atom is 0.148 e. The Labute approximate surface area is 136 Å². The van der Waals surface area contributed by atoms with Crippen LogP contribution in [0.2, 0.25) is 0 Å². The van der Waals surface area contributed by atoms with E-state index in [-0.39, 0.29) is 6.04 Å². The molecule has 2 N–H and O–H groups in total. The predicted molar refractivity (Wildman–Crippen MR) is 88.6 cm³/mol. The molecule has 2 aliphatic rings. The molecule has 1 aromatic rings. The number of aliphatic hydroxyl groups excluding tert-OH is 1. The predicted octanol–water partition coefficient (Wildman–Crippen LogP) is 0.762. The monoisotopic (exact) mass is 314 g/mol. The van der Waals surface area contributed by atoms with E-state index in [0.29, 0.717) is 25.5 Å². The van der Waals surface area contributed by atoms with Crippen molar-refractivity contribution in [1.29, 1.82) is 5.26 Å². The van der Waals surface area contributed by atoms with Crippen LogP contribution in [0.1, 0.15) is 12.5 Å². The highest BCUT2D eigenvalue weighted by Crippen LogP contribution is 2.33. The standard InChI is InChI=1S/C17H22N4O2/c1-2-23-8-7-21-15-6-4-3-5-13(15)16(14(9-18)17(21)22)20-12-10-19-11-12/h3-6,12,14,17,19,22H,2,7-8,10-11H2,1H3. The fourth-order valence-electron chi connectivity index (χ4n) is 2.97. The number of anilines is 1. The summed E-state index contributed by atoms with van der Waals surface area (Å²) in [6, 6.07) is 10.3. The number of hydrogen-bond donors (Lipinski definition) is 2. The molecule has 0 saturated carbocycles. The molecular weight excluding hydrogens is 292 g/mol. The number of benzene rings is 1. The Balaban J connectivity index is 1.97. The lowest BCUT2D eigenvalue weighted by atomic mass is 9.88. The highest BCUT2D eigenvalue weighted by molar-refractivity contribution is 6.10. The van der Waals surface area contributed by atoms with Crippen molar-refractivity contribution in [2.75, 3.05) is 37.7 Å². The van der Waals surface area contributed by atoms with E-state index in [1.165, 1.54) is 0 Å². The average Bonchev–Trinajstić information content (AvgIpc) is 2.53. The second-order valence-corrected chi connectivity index (χ2v) is 5.75. The third-order valence-corrected chi connectivity index (χ3v) is 4.30. The Morgan fingerprint density at radius 2 is 2.22 bits per heavy atom. The molecule has 2 aliphatic heterocycles. The SMILES string of the molecule is CCOCCN1c2ccccc2C(=NC2CNC2)C(C#N)C1O. The van der Waals surface area contributed by atoms with Crippen LogP contribution in [0.15, 0.2) is 29.3 Å². The summed E-state index contributed by atoms with van der Waals surface area (Å²) in [5.74, 6) is -0.646.